The third-order valence-electron chi connectivity index (χ3n) is 3.56. The second-order valence-corrected chi connectivity index (χ2v) is 5.07. The second kappa shape index (κ2) is 8.70. The van der Waals surface area contributed by atoms with Crippen molar-refractivity contribution >= 4 is 5.97 Å². The summed E-state index contributed by atoms with van der Waals surface area (Å²) in [6.07, 6.45) is 4.46. The maximum atomic E-state index is 11.3. The van der Waals surface area contributed by atoms with Crippen molar-refractivity contribution in [1.29, 1.82) is 0 Å². The van der Waals surface area contributed by atoms with Gasteiger partial charge >= 0.3 is 5.97 Å². The fraction of sp³-hybridized carbons (Fsp3) is 0.562. The van der Waals surface area contributed by atoms with E-state index in [-0.39, 0.29) is 6.61 Å². The van der Waals surface area contributed by atoms with E-state index in [4.69, 9.17) is 0 Å². The number of aliphatic carboxylic acids is 1. The van der Waals surface area contributed by atoms with Crippen LogP contribution in [0.25, 0.3) is 0 Å². The van der Waals surface area contributed by atoms with Crippen LogP contribution in [0.3, 0.4) is 0 Å². The molecule has 0 aliphatic carbocycles. The summed E-state index contributed by atoms with van der Waals surface area (Å²) >= 11 is 0. The van der Waals surface area contributed by atoms with Crippen molar-refractivity contribution in [1.82, 2.24) is 0 Å². The summed E-state index contributed by atoms with van der Waals surface area (Å²) in [7, 11) is 0. The van der Waals surface area contributed by atoms with Crippen LogP contribution in [0, 0.1) is 5.92 Å². The van der Waals surface area contributed by atoms with E-state index in [9.17, 15) is 15.0 Å². The monoisotopic (exact) mass is 264 g/mol. The van der Waals surface area contributed by atoms with Gasteiger partial charge in [-0.1, -0.05) is 50.1 Å². The van der Waals surface area contributed by atoms with Gasteiger partial charge < -0.3 is 10.2 Å². The molecule has 1 aromatic carbocycles. The van der Waals surface area contributed by atoms with Gasteiger partial charge in [-0.05, 0) is 30.7 Å². The molecule has 0 amide bonds. The number of hydrogen-bond acceptors (Lipinski definition) is 2. The topological polar surface area (TPSA) is 57.5 Å². The van der Waals surface area contributed by atoms with Crippen LogP contribution in [-0.2, 0) is 4.79 Å². The Balaban J connectivity index is 2.50. The van der Waals surface area contributed by atoms with Gasteiger partial charge in [-0.3, -0.25) is 4.79 Å². The van der Waals surface area contributed by atoms with Crippen LogP contribution < -0.4 is 0 Å². The molecule has 1 rings (SSSR count). The average molecular weight is 264 g/mol. The quantitative estimate of drug-likeness (QED) is 0.718. The fourth-order valence-corrected chi connectivity index (χ4v) is 2.46. The Bertz CT molecular complexity index is 362. The maximum absolute atomic E-state index is 11.3. The highest BCUT2D eigenvalue weighted by Gasteiger charge is 2.19. The number of aliphatic hydroxyl groups is 1. The molecule has 0 fully saturated rings. The van der Waals surface area contributed by atoms with Crippen molar-refractivity contribution in [3.63, 3.8) is 0 Å². The first kappa shape index (κ1) is 15.7. The molecule has 0 aliphatic rings. The van der Waals surface area contributed by atoms with E-state index in [0.717, 1.165) is 31.2 Å². The van der Waals surface area contributed by atoms with E-state index in [1.165, 1.54) is 0 Å². The first-order chi connectivity index (χ1) is 9.19. The molecule has 1 aromatic rings. The Morgan fingerprint density at radius 3 is 2.37 bits per heavy atom. The van der Waals surface area contributed by atoms with Gasteiger partial charge in [0, 0.05) is 6.61 Å². The van der Waals surface area contributed by atoms with Crippen LogP contribution in [0.5, 0.6) is 0 Å². The molecule has 0 bridgehead atoms. The van der Waals surface area contributed by atoms with Crippen molar-refractivity contribution < 1.29 is 15.0 Å². The summed E-state index contributed by atoms with van der Waals surface area (Å²) in [6.45, 7) is 2.31. The summed E-state index contributed by atoms with van der Waals surface area (Å²) in [5.41, 5.74) is 0.867. The van der Waals surface area contributed by atoms with Crippen LogP contribution in [0.4, 0.5) is 0 Å². The Morgan fingerprint density at radius 1 is 1.16 bits per heavy atom. The minimum atomic E-state index is -0.762. The molecule has 19 heavy (non-hydrogen) atoms. The summed E-state index contributed by atoms with van der Waals surface area (Å²) in [4.78, 5) is 11.3. The summed E-state index contributed by atoms with van der Waals surface area (Å²) in [6, 6.07) is 9.38. The van der Waals surface area contributed by atoms with E-state index in [2.05, 4.69) is 6.92 Å². The van der Waals surface area contributed by atoms with Gasteiger partial charge in [-0.2, -0.15) is 0 Å². The molecular weight excluding hydrogens is 240 g/mol. The Kier molecular flexibility index (Phi) is 7.19. The van der Waals surface area contributed by atoms with Crippen molar-refractivity contribution in [3.8, 4) is 0 Å². The number of rotatable bonds is 9. The van der Waals surface area contributed by atoms with Crippen LogP contribution >= 0.6 is 0 Å². The van der Waals surface area contributed by atoms with Crippen molar-refractivity contribution in [2.45, 2.75) is 44.9 Å². The Labute approximate surface area is 115 Å². The van der Waals surface area contributed by atoms with Crippen molar-refractivity contribution in [2.75, 3.05) is 6.61 Å². The molecule has 0 heterocycles. The Morgan fingerprint density at radius 2 is 1.84 bits per heavy atom. The summed E-state index contributed by atoms with van der Waals surface area (Å²) in [5.74, 6) is -0.875. The highest BCUT2D eigenvalue weighted by Crippen LogP contribution is 2.24. The zero-order chi connectivity index (χ0) is 14.1. The third kappa shape index (κ3) is 5.43. The van der Waals surface area contributed by atoms with Gasteiger partial charge in [0.25, 0.3) is 0 Å². The standard InChI is InChI=1S/C16H24O3/c1-2-7-13(12-17)8-6-11-15(16(18)19)14-9-4-3-5-10-14/h3-5,9-10,13,15,17H,2,6-8,11-12H2,1H3,(H,18,19). The van der Waals surface area contributed by atoms with Gasteiger partial charge in [0.15, 0.2) is 0 Å². The van der Waals surface area contributed by atoms with Crippen molar-refractivity contribution in [3.05, 3.63) is 35.9 Å². The van der Waals surface area contributed by atoms with Crippen LogP contribution in [0.15, 0.2) is 30.3 Å². The predicted octanol–water partition coefficient (Wildman–Crippen LogP) is 3.43. The first-order valence-electron chi connectivity index (χ1n) is 7.07. The molecule has 0 spiro atoms. The smallest absolute Gasteiger partial charge is 0.310 e. The SMILES string of the molecule is CCCC(CO)CCCC(C(=O)O)c1ccccc1. The molecule has 3 nitrogen and oxygen atoms in total. The number of carboxylic acid groups (broad SMARTS) is 1. The highest BCUT2D eigenvalue weighted by atomic mass is 16.4. The number of benzene rings is 1. The lowest BCUT2D eigenvalue weighted by atomic mass is 9.90. The van der Waals surface area contributed by atoms with Crippen LogP contribution in [0.1, 0.15) is 50.5 Å². The van der Waals surface area contributed by atoms with E-state index < -0.39 is 11.9 Å². The highest BCUT2D eigenvalue weighted by molar-refractivity contribution is 5.75. The van der Waals surface area contributed by atoms with Gasteiger partial charge in [-0.15, -0.1) is 0 Å². The van der Waals surface area contributed by atoms with Gasteiger partial charge in [0.1, 0.15) is 0 Å². The largest absolute Gasteiger partial charge is 0.481 e. The molecule has 2 atom stereocenters. The minimum Gasteiger partial charge on any atom is -0.481 e. The molecule has 0 radical (unpaired) electrons. The van der Waals surface area contributed by atoms with Crippen molar-refractivity contribution in [2.24, 2.45) is 5.92 Å². The zero-order valence-corrected chi connectivity index (χ0v) is 11.6. The summed E-state index contributed by atoms with van der Waals surface area (Å²) < 4.78 is 0. The first-order valence-corrected chi connectivity index (χ1v) is 7.07. The predicted molar refractivity (Wildman–Crippen MR) is 76.2 cm³/mol. The lowest BCUT2D eigenvalue weighted by molar-refractivity contribution is -0.139. The molecule has 3 heteroatoms. The van der Waals surface area contributed by atoms with Gasteiger partial charge in [0.05, 0.1) is 5.92 Å². The molecular formula is C16H24O3. The molecule has 106 valence electrons. The van der Waals surface area contributed by atoms with Gasteiger partial charge in [0.2, 0.25) is 0 Å². The molecule has 0 saturated carbocycles. The normalized spacial score (nSPS) is 14.0. The molecule has 0 aliphatic heterocycles. The van der Waals surface area contributed by atoms with Crippen LogP contribution in [0.2, 0.25) is 0 Å². The lowest BCUT2D eigenvalue weighted by Gasteiger charge is -2.16. The van der Waals surface area contributed by atoms with Crippen LogP contribution in [-0.4, -0.2) is 22.8 Å². The van der Waals surface area contributed by atoms with Gasteiger partial charge in [-0.25, -0.2) is 0 Å². The van der Waals surface area contributed by atoms with E-state index in [1.807, 2.05) is 30.3 Å². The second-order valence-electron chi connectivity index (χ2n) is 5.07. The average Bonchev–Trinajstić information content (AvgIpc) is 2.42. The summed E-state index contributed by atoms with van der Waals surface area (Å²) in [5, 5.41) is 18.5. The fourth-order valence-electron chi connectivity index (χ4n) is 2.46. The maximum Gasteiger partial charge on any atom is 0.310 e. The molecule has 2 N–H and O–H groups in total. The van der Waals surface area contributed by atoms with E-state index >= 15 is 0 Å². The number of carbonyl (C=O) groups is 1. The third-order valence-corrected chi connectivity index (χ3v) is 3.56. The van der Waals surface area contributed by atoms with E-state index in [0.29, 0.717) is 12.3 Å². The Hall–Kier alpha value is -1.35. The number of carboxylic acids is 1. The molecule has 0 saturated heterocycles. The minimum absolute atomic E-state index is 0.205. The number of hydrogen-bond donors (Lipinski definition) is 2. The zero-order valence-electron chi connectivity index (χ0n) is 11.6. The van der Waals surface area contributed by atoms with E-state index in [1.54, 1.807) is 0 Å². The lowest BCUT2D eigenvalue weighted by Crippen LogP contribution is -2.13. The molecule has 2 unspecified atom stereocenters. The number of aliphatic hydroxyl groups excluding tert-OH is 1. The molecule has 0 aromatic heterocycles.